The summed E-state index contributed by atoms with van der Waals surface area (Å²) in [6.45, 7) is 0. The largest absolute Gasteiger partial charge is 0.493 e. The zero-order valence-electron chi connectivity index (χ0n) is 9.62. The number of methoxy groups -OCH3 is 2. The van der Waals surface area contributed by atoms with Crippen LogP contribution >= 0.6 is 11.6 Å². The Bertz CT molecular complexity index is 491. The van der Waals surface area contributed by atoms with E-state index in [1.165, 1.54) is 0 Å². The van der Waals surface area contributed by atoms with E-state index < -0.39 is 5.54 Å². The molecule has 1 aliphatic carbocycles. The summed E-state index contributed by atoms with van der Waals surface area (Å²) in [5, 5.41) is 0.527. The molecule has 1 aromatic carbocycles. The highest BCUT2D eigenvalue weighted by molar-refractivity contribution is 6.31. The average molecular weight is 254 g/mol. The molecule has 1 fully saturated rings. The molecule has 0 saturated heterocycles. The van der Waals surface area contributed by atoms with Crippen molar-refractivity contribution >= 4 is 17.7 Å². The maximum atomic E-state index is 10.5. The molecule has 0 atom stereocenters. The number of hydrogen-bond acceptors (Lipinski definition) is 4. The molecule has 0 amide bonds. The van der Waals surface area contributed by atoms with E-state index in [1.807, 2.05) is 0 Å². The van der Waals surface area contributed by atoms with Gasteiger partial charge in [0.1, 0.15) is 5.54 Å². The van der Waals surface area contributed by atoms with Crippen molar-refractivity contribution in [3.63, 3.8) is 0 Å². The van der Waals surface area contributed by atoms with Crippen LogP contribution in [0, 0.1) is 0 Å². The van der Waals surface area contributed by atoms with Crippen LogP contribution in [0.2, 0.25) is 5.02 Å². The van der Waals surface area contributed by atoms with E-state index in [9.17, 15) is 4.79 Å². The molecule has 90 valence electrons. The minimum absolute atomic E-state index is 0.527. The fourth-order valence-electron chi connectivity index (χ4n) is 1.96. The number of rotatable bonds is 4. The molecule has 1 aliphatic rings. The van der Waals surface area contributed by atoms with Crippen molar-refractivity contribution in [2.75, 3.05) is 14.2 Å². The molecule has 4 nitrogen and oxygen atoms in total. The number of nitrogens with zero attached hydrogens (tertiary/aromatic N) is 1. The van der Waals surface area contributed by atoms with Crippen molar-refractivity contribution in [1.29, 1.82) is 0 Å². The van der Waals surface area contributed by atoms with E-state index in [4.69, 9.17) is 21.1 Å². The number of ether oxygens (including phenoxy) is 2. The first-order valence-corrected chi connectivity index (χ1v) is 5.56. The highest BCUT2D eigenvalue weighted by atomic mass is 35.5. The topological polar surface area (TPSA) is 47.9 Å². The summed E-state index contributed by atoms with van der Waals surface area (Å²) in [6, 6.07) is 3.45. The second-order valence-electron chi connectivity index (χ2n) is 3.89. The first-order chi connectivity index (χ1) is 8.18. The molecule has 0 heterocycles. The van der Waals surface area contributed by atoms with Crippen molar-refractivity contribution < 1.29 is 14.3 Å². The average Bonchev–Trinajstić information content (AvgIpc) is 3.09. The maximum absolute atomic E-state index is 10.5. The Morgan fingerprint density at radius 3 is 2.53 bits per heavy atom. The van der Waals surface area contributed by atoms with Gasteiger partial charge in [0.2, 0.25) is 6.08 Å². The number of isocyanates is 1. The zero-order valence-corrected chi connectivity index (χ0v) is 10.4. The molecule has 0 spiro atoms. The summed E-state index contributed by atoms with van der Waals surface area (Å²) in [6.07, 6.45) is 3.14. The lowest BCUT2D eigenvalue weighted by Gasteiger charge is -2.17. The van der Waals surface area contributed by atoms with Gasteiger partial charge in [-0.25, -0.2) is 4.79 Å². The van der Waals surface area contributed by atoms with Crippen LogP contribution < -0.4 is 9.47 Å². The van der Waals surface area contributed by atoms with Gasteiger partial charge < -0.3 is 9.47 Å². The van der Waals surface area contributed by atoms with E-state index in [2.05, 4.69) is 4.99 Å². The summed E-state index contributed by atoms with van der Waals surface area (Å²) >= 11 is 6.17. The molecule has 2 rings (SSSR count). The van der Waals surface area contributed by atoms with E-state index in [0.717, 1.165) is 12.8 Å². The minimum Gasteiger partial charge on any atom is -0.493 e. The molecule has 17 heavy (non-hydrogen) atoms. The SMILES string of the molecule is COc1ccc(Cl)c(C2(N=C=O)CC2)c1OC. The van der Waals surface area contributed by atoms with E-state index in [0.29, 0.717) is 22.1 Å². The quantitative estimate of drug-likeness (QED) is 0.612. The molecule has 0 unspecified atom stereocenters. The lowest BCUT2D eigenvalue weighted by molar-refractivity contribution is 0.348. The maximum Gasteiger partial charge on any atom is 0.235 e. The summed E-state index contributed by atoms with van der Waals surface area (Å²) in [5.41, 5.74) is 0.142. The van der Waals surface area contributed by atoms with Gasteiger partial charge in [-0.05, 0) is 25.0 Å². The van der Waals surface area contributed by atoms with Gasteiger partial charge in [-0.1, -0.05) is 11.6 Å². The van der Waals surface area contributed by atoms with E-state index >= 15 is 0 Å². The summed E-state index contributed by atoms with van der Waals surface area (Å²) in [7, 11) is 3.09. The summed E-state index contributed by atoms with van der Waals surface area (Å²) in [4.78, 5) is 14.3. The third-order valence-electron chi connectivity index (χ3n) is 2.94. The van der Waals surface area contributed by atoms with Crippen molar-refractivity contribution in [2.24, 2.45) is 4.99 Å². The molecular formula is C12H12ClNO3. The molecule has 0 aliphatic heterocycles. The first kappa shape index (κ1) is 12.0. The Labute approximate surface area is 104 Å². The van der Waals surface area contributed by atoms with Crippen LogP contribution in [-0.2, 0) is 10.3 Å². The van der Waals surface area contributed by atoms with Gasteiger partial charge in [0, 0.05) is 5.56 Å². The van der Waals surface area contributed by atoms with Crippen molar-refractivity contribution in [3.05, 3.63) is 22.7 Å². The molecule has 0 bridgehead atoms. The van der Waals surface area contributed by atoms with Crippen molar-refractivity contribution in [1.82, 2.24) is 0 Å². The van der Waals surface area contributed by atoms with Gasteiger partial charge in [-0.15, -0.1) is 0 Å². The van der Waals surface area contributed by atoms with Crippen LogP contribution in [0.1, 0.15) is 18.4 Å². The fraction of sp³-hybridized carbons (Fsp3) is 0.417. The van der Waals surface area contributed by atoms with Crippen LogP contribution in [-0.4, -0.2) is 20.3 Å². The molecule has 0 radical (unpaired) electrons. The standard InChI is InChI=1S/C12H12ClNO3/c1-16-9-4-3-8(13)10(11(9)17-2)12(5-6-12)14-7-15/h3-4H,5-6H2,1-2H3. The zero-order chi connectivity index (χ0) is 12.5. The summed E-state index contributed by atoms with van der Waals surface area (Å²) in [5.74, 6) is 1.12. The van der Waals surface area contributed by atoms with Crippen molar-refractivity contribution in [2.45, 2.75) is 18.4 Å². The van der Waals surface area contributed by atoms with Gasteiger partial charge in [0.15, 0.2) is 11.5 Å². The normalized spacial score (nSPS) is 15.9. The third kappa shape index (κ3) is 1.90. The van der Waals surface area contributed by atoms with Crippen LogP contribution in [0.15, 0.2) is 17.1 Å². The lowest BCUT2D eigenvalue weighted by Crippen LogP contribution is -2.07. The number of carbonyl (C=O) groups excluding carboxylic acids is 1. The van der Waals surface area contributed by atoms with Crippen molar-refractivity contribution in [3.8, 4) is 11.5 Å². The highest BCUT2D eigenvalue weighted by Crippen LogP contribution is 2.56. The van der Waals surface area contributed by atoms with Gasteiger partial charge >= 0.3 is 0 Å². The number of halogens is 1. The van der Waals surface area contributed by atoms with E-state index in [-0.39, 0.29) is 0 Å². The third-order valence-corrected chi connectivity index (χ3v) is 3.26. The fourth-order valence-corrected chi connectivity index (χ4v) is 2.28. The van der Waals surface area contributed by atoms with Crippen LogP contribution in [0.3, 0.4) is 0 Å². The summed E-state index contributed by atoms with van der Waals surface area (Å²) < 4.78 is 10.5. The van der Waals surface area contributed by atoms with Gasteiger partial charge in [-0.2, -0.15) is 4.99 Å². The Morgan fingerprint density at radius 2 is 2.06 bits per heavy atom. The first-order valence-electron chi connectivity index (χ1n) is 5.18. The van der Waals surface area contributed by atoms with Crippen LogP contribution in [0.4, 0.5) is 0 Å². The van der Waals surface area contributed by atoms with E-state index in [1.54, 1.807) is 32.4 Å². The second-order valence-corrected chi connectivity index (χ2v) is 4.30. The molecule has 0 aromatic heterocycles. The van der Waals surface area contributed by atoms with Crippen LogP contribution in [0.25, 0.3) is 0 Å². The predicted molar refractivity (Wildman–Crippen MR) is 63.6 cm³/mol. The van der Waals surface area contributed by atoms with Crippen LogP contribution in [0.5, 0.6) is 11.5 Å². The Hall–Kier alpha value is -1.51. The van der Waals surface area contributed by atoms with Gasteiger partial charge in [-0.3, -0.25) is 0 Å². The second kappa shape index (κ2) is 4.40. The smallest absolute Gasteiger partial charge is 0.235 e. The lowest BCUT2D eigenvalue weighted by atomic mass is 10.0. The van der Waals surface area contributed by atoms with Gasteiger partial charge in [0.05, 0.1) is 19.2 Å². The highest BCUT2D eigenvalue weighted by Gasteiger charge is 2.49. The molecule has 5 heteroatoms. The number of hydrogen-bond donors (Lipinski definition) is 0. The minimum atomic E-state index is -0.571. The molecule has 1 aromatic rings. The number of aliphatic imine (C=N–C) groups is 1. The predicted octanol–water partition coefficient (Wildman–Crippen LogP) is 2.68. The Balaban J connectivity index is 2.63. The van der Waals surface area contributed by atoms with Gasteiger partial charge in [0.25, 0.3) is 0 Å². The Kier molecular flexibility index (Phi) is 3.09. The Morgan fingerprint density at radius 1 is 1.35 bits per heavy atom. The monoisotopic (exact) mass is 253 g/mol. The molecule has 0 N–H and O–H groups in total. The molecular weight excluding hydrogens is 242 g/mol. The molecule has 1 saturated carbocycles. The number of benzene rings is 1.